The SMILES string of the molecule is CCOC(=O)c1ccc(/C=C/C(=O)C(N)c2cccn2-c2ccc(Cl)c(COc3cccc4ccc(C)nc34)c2Cl)cn1. The van der Waals surface area contributed by atoms with Crippen LogP contribution in [-0.2, 0) is 16.1 Å². The molecule has 2 aromatic carbocycles. The highest BCUT2D eigenvalue weighted by Gasteiger charge is 2.21. The van der Waals surface area contributed by atoms with Gasteiger partial charge in [0.1, 0.15) is 29.6 Å². The maximum Gasteiger partial charge on any atom is 0.356 e. The first-order chi connectivity index (χ1) is 20.8. The number of ketones is 1. The molecule has 0 aliphatic carbocycles. The summed E-state index contributed by atoms with van der Waals surface area (Å²) in [5, 5.41) is 1.78. The lowest BCUT2D eigenvalue weighted by molar-refractivity contribution is -0.115. The van der Waals surface area contributed by atoms with Crippen molar-refractivity contribution >= 4 is 51.9 Å². The number of nitrogens with two attached hydrogens (primary N) is 1. The van der Waals surface area contributed by atoms with Crippen LogP contribution in [-0.4, -0.2) is 32.9 Å². The predicted molar refractivity (Wildman–Crippen MR) is 168 cm³/mol. The minimum atomic E-state index is -0.977. The quantitative estimate of drug-likeness (QED) is 0.132. The number of nitrogens with zero attached hydrogens (tertiary/aromatic N) is 3. The number of pyridine rings is 2. The van der Waals surface area contributed by atoms with E-state index in [9.17, 15) is 9.59 Å². The minimum Gasteiger partial charge on any atom is -0.487 e. The highest BCUT2D eigenvalue weighted by molar-refractivity contribution is 6.37. The fourth-order valence-corrected chi connectivity index (χ4v) is 5.08. The van der Waals surface area contributed by atoms with Crippen LogP contribution in [0.3, 0.4) is 0 Å². The molecule has 43 heavy (non-hydrogen) atoms. The highest BCUT2D eigenvalue weighted by Crippen LogP contribution is 2.34. The molecule has 0 saturated heterocycles. The molecule has 1 unspecified atom stereocenters. The third kappa shape index (κ3) is 6.62. The number of hydrogen-bond acceptors (Lipinski definition) is 7. The number of esters is 1. The molecule has 0 radical (unpaired) electrons. The van der Waals surface area contributed by atoms with Crippen LogP contribution in [0.5, 0.6) is 5.75 Å². The van der Waals surface area contributed by atoms with Crippen LogP contribution < -0.4 is 10.5 Å². The van der Waals surface area contributed by atoms with E-state index in [1.165, 1.54) is 18.3 Å². The van der Waals surface area contributed by atoms with Crippen LogP contribution in [0.25, 0.3) is 22.7 Å². The van der Waals surface area contributed by atoms with E-state index in [0.29, 0.717) is 38.3 Å². The zero-order valence-corrected chi connectivity index (χ0v) is 25.0. The lowest BCUT2D eigenvalue weighted by Crippen LogP contribution is -2.22. The van der Waals surface area contributed by atoms with Crippen molar-refractivity contribution in [2.45, 2.75) is 26.5 Å². The van der Waals surface area contributed by atoms with Gasteiger partial charge >= 0.3 is 5.97 Å². The van der Waals surface area contributed by atoms with Crippen LogP contribution in [0.1, 0.15) is 46.0 Å². The number of benzene rings is 2. The molecule has 0 fully saturated rings. The summed E-state index contributed by atoms with van der Waals surface area (Å²) in [6.45, 7) is 4.01. The lowest BCUT2D eigenvalue weighted by atomic mass is 10.1. The normalized spacial score (nSPS) is 12.0. The fraction of sp³-hybridized carbons (Fsp3) is 0.152. The first-order valence-electron chi connectivity index (χ1n) is 13.5. The maximum atomic E-state index is 13.1. The average Bonchev–Trinajstić information content (AvgIpc) is 3.49. The molecule has 5 aromatic rings. The first-order valence-corrected chi connectivity index (χ1v) is 14.3. The Labute approximate surface area is 258 Å². The van der Waals surface area contributed by atoms with Gasteiger partial charge in [0.05, 0.1) is 17.3 Å². The second-order valence-electron chi connectivity index (χ2n) is 9.64. The Kier molecular flexibility index (Phi) is 9.21. The van der Waals surface area contributed by atoms with Crippen LogP contribution in [0, 0.1) is 6.92 Å². The molecule has 1 atom stereocenters. The number of carbonyl (C=O) groups excluding carboxylic acids is 2. The van der Waals surface area contributed by atoms with Crippen LogP contribution in [0.2, 0.25) is 10.0 Å². The molecule has 3 heterocycles. The molecule has 8 nitrogen and oxygen atoms in total. The Hall–Kier alpha value is -4.50. The van der Waals surface area contributed by atoms with Gasteiger partial charge in [-0.1, -0.05) is 47.5 Å². The Balaban J connectivity index is 1.35. The van der Waals surface area contributed by atoms with Crippen molar-refractivity contribution in [1.82, 2.24) is 14.5 Å². The Morgan fingerprint density at radius 3 is 2.65 bits per heavy atom. The fourth-order valence-electron chi connectivity index (χ4n) is 4.51. The van der Waals surface area contributed by atoms with E-state index in [-0.39, 0.29) is 24.7 Å². The molecular formula is C33H28Cl2N4O4. The largest absolute Gasteiger partial charge is 0.487 e. The Morgan fingerprint density at radius 1 is 1.05 bits per heavy atom. The monoisotopic (exact) mass is 614 g/mol. The standard InChI is InChI=1S/C33H28Cl2N4O4/c1-3-42-33(41)25-14-10-21(18-37-25)11-16-28(40)31(36)27-7-5-17-39(27)26-15-13-24(34)23(30(26)35)19-43-29-8-4-6-22-12-9-20(2)38-32(22)29/h4-18,31H,3,19,36H2,1-2H3/b16-11+. The second kappa shape index (κ2) is 13.2. The van der Waals surface area contributed by atoms with E-state index in [1.807, 2.05) is 37.3 Å². The van der Waals surface area contributed by atoms with Gasteiger partial charge in [-0.3, -0.25) is 4.79 Å². The molecule has 0 aliphatic heterocycles. The smallest absolute Gasteiger partial charge is 0.356 e. The topological polar surface area (TPSA) is 109 Å². The minimum absolute atomic E-state index is 0.105. The third-order valence-corrected chi connectivity index (χ3v) is 7.51. The van der Waals surface area contributed by atoms with Gasteiger partial charge in [0.15, 0.2) is 5.78 Å². The van der Waals surface area contributed by atoms with Gasteiger partial charge in [-0.15, -0.1) is 0 Å². The Bertz CT molecular complexity index is 1830. The average molecular weight is 616 g/mol. The number of hydrogen-bond donors (Lipinski definition) is 1. The van der Waals surface area contributed by atoms with Gasteiger partial charge in [0, 0.05) is 39.8 Å². The van der Waals surface area contributed by atoms with Gasteiger partial charge in [-0.25, -0.2) is 14.8 Å². The summed E-state index contributed by atoms with van der Waals surface area (Å²) in [6.07, 6.45) is 6.23. The van der Waals surface area contributed by atoms with Crippen molar-refractivity contribution in [3.05, 3.63) is 123 Å². The lowest BCUT2D eigenvalue weighted by Gasteiger charge is -2.18. The molecule has 0 bridgehead atoms. The van der Waals surface area contributed by atoms with Gasteiger partial charge < -0.3 is 19.8 Å². The molecule has 0 amide bonds. The summed E-state index contributed by atoms with van der Waals surface area (Å²) in [4.78, 5) is 33.6. The Morgan fingerprint density at radius 2 is 1.88 bits per heavy atom. The molecule has 2 N–H and O–H groups in total. The molecule has 0 saturated carbocycles. The van der Waals surface area contributed by atoms with E-state index in [2.05, 4.69) is 9.97 Å². The molecular weight excluding hydrogens is 587 g/mol. The number of aryl methyl sites for hydroxylation is 1. The van der Waals surface area contributed by atoms with Gasteiger partial charge in [0.2, 0.25) is 0 Å². The molecule has 5 rings (SSSR count). The highest BCUT2D eigenvalue weighted by atomic mass is 35.5. The van der Waals surface area contributed by atoms with E-state index >= 15 is 0 Å². The summed E-state index contributed by atoms with van der Waals surface area (Å²) >= 11 is 13.4. The van der Waals surface area contributed by atoms with Crippen LogP contribution in [0.15, 0.2) is 85.2 Å². The van der Waals surface area contributed by atoms with E-state index in [0.717, 1.165) is 16.6 Å². The summed E-state index contributed by atoms with van der Waals surface area (Å²) in [5.41, 5.74) is 10.6. The molecule has 0 aliphatic rings. The molecule has 0 spiro atoms. The van der Waals surface area contributed by atoms with Crippen LogP contribution >= 0.6 is 23.2 Å². The zero-order valence-electron chi connectivity index (χ0n) is 23.5. The van der Waals surface area contributed by atoms with Crippen molar-refractivity contribution in [3.63, 3.8) is 0 Å². The van der Waals surface area contributed by atoms with Crippen molar-refractivity contribution in [3.8, 4) is 11.4 Å². The second-order valence-corrected chi connectivity index (χ2v) is 10.4. The summed E-state index contributed by atoms with van der Waals surface area (Å²) < 4.78 is 12.9. The number of rotatable bonds is 10. The van der Waals surface area contributed by atoms with Crippen molar-refractivity contribution in [1.29, 1.82) is 0 Å². The number of fused-ring (bicyclic) bond motifs is 1. The van der Waals surface area contributed by atoms with Gasteiger partial charge in [-0.2, -0.15) is 0 Å². The van der Waals surface area contributed by atoms with Gasteiger partial charge in [-0.05, 0) is 74.0 Å². The van der Waals surface area contributed by atoms with Crippen LogP contribution in [0.4, 0.5) is 0 Å². The predicted octanol–water partition coefficient (Wildman–Crippen LogP) is 7.07. The number of ether oxygens (including phenoxy) is 2. The van der Waals surface area contributed by atoms with E-state index in [1.54, 1.807) is 54.1 Å². The van der Waals surface area contributed by atoms with E-state index < -0.39 is 12.0 Å². The molecule has 10 heteroatoms. The summed E-state index contributed by atoms with van der Waals surface area (Å²) in [6, 6.07) is 19.0. The third-order valence-electron chi connectivity index (χ3n) is 6.74. The van der Waals surface area contributed by atoms with Crippen molar-refractivity contribution in [2.24, 2.45) is 5.73 Å². The molecule has 218 valence electrons. The van der Waals surface area contributed by atoms with Gasteiger partial charge in [0.25, 0.3) is 0 Å². The number of para-hydroxylation sites is 1. The van der Waals surface area contributed by atoms with Crippen molar-refractivity contribution < 1.29 is 19.1 Å². The first kappa shape index (κ1) is 30.0. The molecule has 3 aromatic heterocycles. The van der Waals surface area contributed by atoms with E-state index in [4.69, 9.17) is 38.4 Å². The summed E-state index contributed by atoms with van der Waals surface area (Å²) in [7, 11) is 0. The number of carbonyl (C=O) groups is 2. The summed E-state index contributed by atoms with van der Waals surface area (Å²) in [5.74, 6) is -0.222. The number of halogens is 2. The van der Waals surface area contributed by atoms with Crippen molar-refractivity contribution in [2.75, 3.05) is 6.61 Å². The maximum absolute atomic E-state index is 13.1. The number of aromatic nitrogens is 3. The zero-order chi connectivity index (χ0) is 30.5.